The first kappa shape index (κ1) is 16.7. The van der Waals surface area contributed by atoms with Crippen LogP contribution in [0.15, 0.2) is 42.5 Å². The summed E-state index contributed by atoms with van der Waals surface area (Å²) in [5.74, 6) is 0. The van der Waals surface area contributed by atoms with Gasteiger partial charge in [0, 0.05) is 28.4 Å². The van der Waals surface area contributed by atoms with Crippen molar-refractivity contribution in [2.24, 2.45) is 0 Å². The number of nitrogens with one attached hydrogen (secondary N) is 1. The second kappa shape index (κ2) is 7.20. The van der Waals surface area contributed by atoms with Crippen molar-refractivity contribution in [2.75, 3.05) is 31.1 Å². The van der Waals surface area contributed by atoms with Crippen molar-refractivity contribution in [2.45, 2.75) is 13.5 Å². The molecule has 1 heterocycles. The highest BCUT2D eigenvalue weighted by molar-refractivity contribution is 6.30. The van der Waals surface area contributed by atoms with Crippen LogP contribution in [0.4, 0.5) is 11.4 Å². The molecule has 1 saturated heterocycles. The van der Waals surface area contributed by atoms with Crippen LogP contribution in [0.5, 0.6) is 0 Å². The first-order chi connectivity index (χ1) is 11.5. The third-order valence-corrected chi connectivity index (χ3v) is 4.82. The number of anilines is 1. The van der Waals surface area contributed by atoms with Gasteiger partial charge in [-0.3, -0.25) is 10.1 Å². The molecule has 1 aliphatic heterocycles. The Morgan fingerprint density at radius 1 is 1.17 bits per heavy atom. The minimum atomic E-state index is -0.358. The molecular formula is C18H21ClN3O2+. The Morgan fingerprint density at radius 3 is 2.46 bits per heavy atom. The SMILES string of the molecule is Cc1ccc(Cl)cc1N1CC[NH+](Cc2ccc([N+](=O)[O-])cc2)CC1. The van der Waals surface area contributed by atoms with Crippen molar-refractivity contribution in [1.82, 2.24) is 0 Å². The van der Waals surface area contributed by atoms with Crippen LogP contribution in [0.25, 0.3) is 0 Å². The highest BCUT2D eigenvalue weighted by Gasteiger charge is 2.21. The van der Waals surface area contributed by atoms with Gasteiger partial charge in [-0.15, -0.1) is 0 Å². The number of nitrogens with zero attached hydrogens (tertiary/aromatic N) is 2. The monoisotopic (exact) mass is 346 g/mol. The number of hydrogen-bond donors (Lipinski definition) is 1. The number of nitro groups is 1. The average Bonchev–Trinajstić information content (AvgIpc) is 2.58. The Kier molecular flexibility index (Phi) is 5.02. The lowest BCUT2D eigenvalue weighted by molar-refractivity contribution is -0.914. The highest BCUT2D eigenvalue weighted by Crippen LogP contribution is 2.24. The van der Waals surface area contributed by atoms with E-state index in [1.807, 2.05) is 24.3 Å². The van der Waals surface area contributed by atoms with Gasteiger partial charge in [0.2, 0.25) is 0 Å². The summed E-state index contributed by atoms with van der Waals surface area (Å²) in [6.07, 6.45) is 0. The maximum Gasteiger partial charge on any atom is 0.269 e. The van der Waals surface area contributed by atoms with Crippen LogP contribution in [-0.2, 0) is 6.54 Å². The van der Waals surface area contributed by atoms with Gasteiger partial charge in [0.05, 0.1) is 31.1 Å². The van der Waals surface area contributed by atoms with Gasteiger partial charge in [-0.2, -0.15) is 0 Å². The second-order valence-corrected chi connectivity index (χ2v) is 6.70. The summed E-state index contributed by atoms with van der Waals surface area (Å²) in [5.41, 5.74) is 3.76. The summed E-state index contributed by atoms with van der Waals surface area (Å²) in [6.45, 7) is 7.08. The number of non-ortho nitro benzene ring substituents is 1. The Morgan fingerprint density at radius 2 is 1.83 bits per heavy atom. The summed E-state index contributed by atoms with van der Waals surface area (Å²) < 4.78 is 0. The van der Waals surface area contributed by atoms with Gasteiger partial charge in [-0.05, 0) is 36.8 Å². The molecule has 0 bridgehead atoms. The van der Waals surface area contributed by atoms with E-state index in [0.717, 1.165) is 43.3 Å². The van der Waals surface area contributed by atoms with Crippen LogP contribution in [-0.4, -0.2) is 31.1 Å². The van der Waals surface area contributed by atoms with E-state index >= 15 is 0 Å². The number of rotatable bonds is 4. The van der Waals surface area contributed by atoms with Crippen molar-refractivity contribution in [3.8, 4) is 0 Å². The van der Waals surface area contributed by atoms with Crippen LogP contribution < -0.4 is 9.80 Å². The summed E-state index contributed by atoms with van der Waals surface area (Å²) in [4.78, 5) is 14.2. The van der Waals surface area contributed by atoms with E-state index in [1.165, 1.54) is 16.2 Å². The Hall–Kier alpha value is -2.11. The number of benzene rings is 2. The summed E-state index contributed by atoms with van der Waals surface area (Å²) in [6, 6.07) is 12.9. The fraction of sp³-hybridized carbons (Fsp3) is 0.333. The van der Waals surface area contributed by atoms with Crippen LogP contribution in [0.3, 0.4) is 0 Å². The number of hydrogen-bond acceptors (Lipinski definition) is 3. The normalized spacial score (nSPS) is 15.5. The Balaban J connectivity index is 1.59. The number of aryl methyl sites for hydroxylation is 1. The van der Waals surface area contributed by atoms with Crippen LogP contribution >= 0.6 is 11.6 Å². The quantitative estimate of drug-likeness (QED) is 0.683. The van der Waals surface area contributed by atoms with Gasteiger partial charge in [0.1, 0.15) is 6.54 Å². The molecule has 0 unspecified atom stereocenters. The molecule has 3 rings (SSSR count). The van der Waals surface area contributed by atoms with Crippen molar-refractivity contribution in [3.05, 3.63) is 68.7 Å². The largest absolute Gasteiger partial charge is 0.360 e. The van der Waals surface area contributed by atoms with E-state index in [0.29, 0.717) is 0 Å². The van der Waals surface area contributed by atoms with Crippen LogP contribution in [0, 0.1) is 17.0 Å². The van der Waals surface area contributed by atoms with E-state index in [9.17, 15) is 10.1 Å². The predicted molar refractivity (Wildman–Crippen MR) is 95.9 cm³/mol. The molecule has 126 valence electrons. The fourth-order valence-electron chi connectivity index (χ4n) is 3.19. The summed E-state index contributed by atoms with van der Waals surface area (Å²) >= 11 is 6.13. The van der Waals surface area contributed by atoms with Crippen molar-refractivity contribution < 1.29 is 9.82 Å². The van der Waals surface area contributed by atoms with Gasteiger partial charge < -0.3 is 9.80 Å². The van der Waals surface area contributed by atoms with E-state index in [1.54, 1.807) is 12.1 Å². The van der Waals surface area contributed by atoms with Gasteiger partial charge in [0.15, 0.2) is 0 Å². The molecule has 2 aromatic carbocycles. The van der Waals surface area contributed by atoms with E-state index < -0.39 is 0 Å². The number of nitro benzene ring substituents is 1. The molecule has 0 aromatic heterocycles. The number of halogens is 1. The lowest BCUT2D eigenvalue weighted by Gasteiger charge is -2.34. The molecule has 5 nitrogen and oxygen atoms in total. The molecule has 6 heteroatoms. The minimum Gasteiger partial charge on any atom is -0.360 e. The first-order valence-corrected chi connectivity index (χ1v) is 8.49. The molecule has 2 aromatic rings. The third-order valence-electron chi connectivity index (χ3n) is 4.58. The Bertz CT molecular complexity index is 726. The van der Waals surface area contributed by atoms with Crippen molar-refractivity contribution >= 4 is 23.0 Å². The lowest BCUT2D eigenvalue weighted by Crippen LogP contribution is -3.13. The number of quaternary nitrogens is 1. The van der Waals surface area contributed by atoms with Crippen molar-refractivity contribution in [1.29, 1.82) is 0 Å². The maximum atomic E-state index is 10.7. The van der Waals surface area contributed by atoms with Gasteiger partial charge in [-0.25, -0.2) is 0 Å². The second-order valence-electron chi connectivity index (χ2n) is 6.27. The standard InChI is InChI=1S/C18H20ClN3O2/c1-14-2-5-16(19)12-18(14)21-10-8-20(9-11-21)13-15-3-6-17(7-4-15)22(23)24/h2-7,12H,8-11,13H2,1H3/p+1. The lowest BCUT2D eigenvalue weighted by atomic mass is 10.1. The summed E-state index contributed by atoms with van der Waals surface area (Å²) in [7, 11) is 0. The Labute approximate surface area is 146 Å². The van der Waals surface area contributed by atoms with Crippen LogP contribution in [0.2, 0.25) is 5.02 Å². The fourth-order valence-corrected chi connectivity index (χ4v) is 3.35. The molecule has 0 amide bonds. The third kappa shape index (κ3) is 3.86. The molecule has 1 N–H and O–H groups in total. The highest BCUT2D eigenvalue weighted by atomic mass is 35.5. The van der Waals surface area contributed by atoms with Gasteiger partial charge >= 0.3 is 0 Å². The topological polar surface area (TPSA) is 50.8 Å². The van der Waals surface area contributed by atoms with E-state index in [-0.39, 0.29) is 10.6 Å². The molecule has 24 heavy (non-hydrogen) atoms. The molecule has 0 aliphatic carbocycles. The van der Waals surface area contributed by atoms with Crippen molar-refractivity contribution in [3.63, 3.8) is 0 Å². The maximum absolute atomic E-state index is 10.7. The number of piperazine rings is 1. The van der Waals surface area contributed by atoms with Gasteiger partial charge in [0.25, 0.3) is 5.69 Å². The molecule has 0 spiro atoms. The van der Waals surface area contributed by atoms with Crippen LogP contribution in [0.1, 0.15) is 11.1 Å². The zero-order chi connectivity index (χ0) is 17.1. The first-order valence-electron chi connectivity index (χ1n) is 8.11. The van der Waals surface area contributed by atoms with E-state index in [2.05, 4.69) is 17.9 Å². The summed E-state index contributed by atoms with van der Waals surface area (Å²) in [5, 5.41) is 11.5. The average molecular weight is 347 g/mol. The molecule has 0 saturated carbocycles. The molecule has 0 atom stereocenters. The minimum absolute atomic E-state index is 0.148. The smallest absolute Gasteiger partial charge is 0.269 e. The molecular weight excluding hydrogens is 326 g/mol. The predicted octanol–water partition coefficient (Wildman–Crippen LogP) is 2.46. The van der Waals surface area contributed by atoms with E-state index in [4.69, 9.17) is 11.6 Å². The zero-order valence-electron chi connectivity index (χ0n) is 13.7. The molecule has 1 aliphatic rings. The molecule has 1 fully saturated rings. The zero-order valence-corrected chi connectivity index (χ0v) is 14.4. The van der Waals surface area contributed by atoms with Gasteiger partial charge in [-0.1, -0.05) is 17.7 Å². The molecule has 0 radical (unpaired) electrons.